The number of carbonyl (C=O) groups is 3. The van der Waals surface area contributed by atoms with Crippen LogP contribution in [0, 0.1) is 23.7 Å². The van der Waals surface area contributed by atoms with Crippen LogP contribution in [0.1, 0.15) is 29.8 Å². The van der Waals surface area contributed by atoms with Crippen molar-refractivity contribution in [2.45, 2.75) is 13.8 Å². The fourth-order valence-electron chi connectivity index (χ4n) is 5.36. The molecule has 2 aromatic rings. The normalized spacial score (nSPS) is 27.6. The monoisotopic (exact) mass is 413 g/mol. The summed E-state index contributed by atoms with van der Waals surface area (Å²) in [5.74, 6) is -1.74. The van der Waals surface area contributed by atoms with Gasteiger partial charge in [-0.1, -0.05) is 54.1 Å². The molecule has 31 heavy (non-hydrogen) atoms. The third-order valence-corrected chi connectivity index (χ3v) is 6.67. The highest BCUT2D eigenvalue weighted by atomic mass is 16.5. The Balaban J connectivity index is 1.50. The summed E-state index contributed by atoms with van der Waals surface area (Å²) in [6, 6.07) is 16.7. The molecule has 3 aliphatic rings. The van der Waals surface area contributed by atoms with Crippen LogP contribution in [0.2, 0.25) is 0 Å². The van der Waals surface area contributed by atoms with Crippen LogP contribution in [-0.2, 0) is 14.3 Å². The van der Waals surface area contributed by atoms with Gasteiger partial charge in [-0.2, -0.15) is 0 Å². The molecule has 5 heteroatoms. The SMILES string of the molecule is CCOC(=O)c1cccc(N2C(=O)[C@@H]3[C@H](C2=O)[C@H]2C=C[C@H]3C2=C(C)c2ccccc2)c1. The Labute approximate surface area is 181 Å². The summed E-state index contributed by atoms with van der Waals surface area (Å²) in [6.07, 6.45) is 4.16. The van der Waals surface area contributed by atoms with Gasteiger partial charge in [-0.3, -0.25) is 9.59 Å². The fourth-order valence-corrected chi connectivity index (χ4v) is 5.36. The van der Waals surface area contributed by atoms with Crippen molar-refractivity contribution in [2.24, 2.45) is 23.7 Å². The van der Waals surface area contributed by atoms with E-state index < -0.39 is 5.97 Å². The molecule has 1 saturated heterocycles. The van der Waals surface area contributed by atoms with Crippen molar-refractivity contribution in [2.75, 3.05) is 11.5 Å². The summed E-state index contributed by atoms with van der Waals surface area (Å²) in [7, 11) is 0. The van der Waals surface area contributed by atoms with Gasteiger partial charge in [0.1, 0.15) is 0 Å². The third kappa shape index (κ3) is 2.87. The number of imide groups is 1. The highest BCUT2D eigenvalue weighted by Crippen LogP contribution is 2.58. The standard InChI is InChI=1S/C26H23NO4/c1-3-31-26(30)17-10-7-11-18(14-17)27-24(28)22-19-12-13-20(23(22)25(27)29)21(19)15(2)16-8-5-4-6-9-16/h4-14,19-20,22-23H,3H2,1-2H3/t19-,20-,22-,23+/m0/s1. The predicted molar refractivity (Wildman–Crippen MR) is 117 cm³/mol. The van der Waals surface area contributed by atoms with E-state index in [2.05, 4.69) is 31.2 Å². The van der Waals surface area contributed by atoms with Gasteiger partial charge in [0.2, 0.25) is 11.8 Å². The molecule has 2 bridgehead atoms. The molecule has 156 valence electrons. The lowest BCUT2D eigenvalue weighted by molar-refractivity contribution is -0.122. The lowest BCUT2D eigenvalue weighted by Crippen LogP contribution is -2.33. The van der Waals surface area contributed by atoms with E-state index in [9.17, 15) is 14.4 Å². The molecule has 4 atom stereocenters. The number of hydrogen-bond donors (Lipinski definition) is 0. The maximum Gasteiger partial charge on any atom is 0.338 e. The number of amides is 2. The van der Waals surface area contributed by atoms with Crippen molar-refractivity contribution < 1.29 is 19.1 Å². The number of rotatable bonds is 4. The van der Waals surface area contributed by atoms with E-state index in [1.165, 1.54) is 10.5 Å². The largest absolute Gasteiger partial charge is 0.462 e. The van der Waals surface area contributed by atoms with Crippen molar-refractivity contribution in [3.63, 3.8) is 0 Å². The molecular weight excluding hydrogens is 390 g/mol. The maximum atomic E-state index is 13.4. The summed E-state index contributed by atoms with van der Waals surface area (Å²) in [4.78, 5) is 40.2. The van der Waals surface area contributed by atoms with Gasteiger partial charge in [0, 0.05) is 11.8 Å². The number of allylic oxidation sites excluding steroid dienone is 4. The summed E-state index contributed by atoms with van der Waals surface area (Å²) in [5, 5.41) is 0. The number of hydrogen-bond acceptors (Lipinski definition) is 4. The average molecular weight is 413 g/mol. The molecule has 1 heterocycles. The average Bonchev–Trinajstić information content (AvgIpc) is 3.43. The molecule has 2 fully saturated rings. The second kappa shape index (κ2) is 7.34. The third-order valence-electron chi connectivity index (χ3n) is 6.67. The molecule has 1 saturated carbocycles. The number of anilines is 1. The topological polar surface area (TPSA) is 63.7 Å². The molecule has 1 aliphatic heterocycles. The van der Waals surface area contributed by atoms with Gasteiger partial charge >= 0.3 is 5.97 Å². The Morgan fingerprint density at radius 2 is 1.52 bits per heavy atom. The number of esters is 1. The second-order valence-corrected chi connectivity index (χ2v) is 8.22. The first-order valence-corrected chi connectivity index (χ1v) is 10.6. The summed E-state index contributed by atoms with van der Waals surface area (Å²) in [6.45, 7) is 4.08. The van der Waals surface area contributed by atoms with Gasteiger partial charge in [0.15, 0.2) is 0 Å². The summed E-state index contributed by atoms with van der Waals surface area (Å²) >= 11 is 0. The molecule has 2 aromatic carbocycles. The first-order chi connectivity index (χ1) is 15.0. The van der Waals surface area contributed by atoms with Gasteiger partial charge in [-0.05, 0) is 43.2 Å². The van der Waals surface area contributed by atoms with Crippen molar-refractivity contribution in [3.8, 4) is 0 Å². The molecule has 0 unspecified atom stereocenters. The molecule has 2 amide bonds. The minimum absolute atomic E-state index is 0.0649. The number of nitrogens with zero attached hydrogens (tertiary/aromatic N) is 1. The minimum Gasteiger partial charge on any atom is -0.462 e. The number of carbonyl (C=O) groups excluding carboxylic acids is 3. The predicted octanol–water partition coefficient (Wildman–Crippen LogP) is 4.26. The van der Waals surface area contributed by atoms with E-state index in [4.69, 9.17) is 4.74 Å². The summed E-state index contributed by atoms with van der Waals surface area (Å²) < 4.78 is 5.06. The number of ether oxygens (including phenoxy) is 1. The van der Waals surface area contributed by atoms with Gasteiger partial charge in [0.05, 0.1) is 29.7 Å². The lowest BCUT2D eigenvalue weighted by Gasteiger charge is -2.20. The van der Waals surface area contributed by atoms with Gasteiger partial charge < -0.3 is 4.74 Å². The Hall–Kier alpha value is -3.47. The lowest BCUT2D eigenvalue weighted by atomic mass is 9.85. The van der Waals surface area contributed by atoms with E-state index in [0.29, 0.717) is 11.3 Å². The van der Waals surface area contributed by atoms with Gasteiger partial charge in [-0.25, -0.2) is 9.69 Å². The highest BCUT2D eigenvalue weighted by molar-refractivity contribution is 6.23. The molecule has 0 radical (unpaired) electrons. The zero-order valence-electron chi connectivity index (χ0n) is 17.4. The van der Waals surface area contributed by atoms with E-state index >= 15 is 0 Å². The minimum atomic E-state index is -0.464. The van der Waals surface area contributed by atoms with Crippen LogP contribution in [0.15, 0.2) is 72.3 Å². The molecule has 5 nitrogen and oxygen atoms in total. The second-order valence-electron chi connectivity index (χ2n) is 8.22. The molecule has 2 aliphatic carbocycles. The van der Waals surface area contributed by atoms with E-state index in [0.717, 1.165) is 11.1 Å². The van der Waals surface area contributed by atoms with Crippen LogP contribution >= 0.6 is 0 Å². The molecular formula is C26H23NO4. The number of benzene rings is 2. The quantitative estimate of drug-likeness (QED) is 0.427. The molecule has 0 spiro atoms. The van der Waals surface area contributed by atoms with Crippen molar-refractivity contribution in [1.29, 1.82) is 0 Å². The Morgan fingerprint density at radius 3 is 2.13 bits per heavy atom. The van der Waals surface area contributed by atoms with Crippen LogP contribution in [0.25, 0.3) is 5.57 Å². The van der Waals surface area contributed by atoms with Crippen molar-refractivity contribution in [1.82, 2.24) is 0 Å². The van der Waals surface area contributed by atoms with Crippen LogP contribution in [0.5, 0.6) is 0 Å². The Bertz CT molecular complexity index is 1110. The molecule has 5 rings (SSSR count). The van der Waals surface area contributed by atoms with Crippen LogP contribution < -0.4 is 4.90 Å². The van der Waals surface area contributed by atoms with Crippen LogP contribution in [-0.4, -0.2) is 24.4 Å². The Kier molecular flexibility index (Phi) is 4.62. The first kappa shape index (κ1) is 19.5. The Morgan fingerprint density at radius 1 is 0.903 bits per heavy atom. The first-order valence-electron chi connectivity index (χ1n) is 10.6. The smallest absolute Gasteiger partial charge is 0.338 e. The maximum absolute atomic E-state index is 13.4. The van der Waals surface area contributed by atoms with E-state index in [1.807, 2.05) is 18.2 Å². The fraction of sp³-hybridized carbons (Fsp3) is 0.269. The summed E-state index contributed by atoms with van der Waals surface area (Å²) in [5.41, 5.74) is 4.21. The van der Waals surface area contributed by atoms with Crippen molar-refractivity contribution in [3.05, 3.63) is 83.4 Å². The van der Waals surface area contributed by atoms with Gasteiger partial charge in [-0.15, -0.1) is 0 Å². The van der Waals surface area contributed by atoms with Crippen LogP contribution in [0.3, 0.4) is 0 Å². The van der Waals surface area contributed by atoms with E-state index in [-0.39, 0.29) is 42.1 Å². The number of fused-ring (bicyclic) bond motifs is 5. The zero-order chi connectivity index (χ0) is 21.7. The zero-order valence-corrected chi connectivity index (χ0v) is 17.4. The van der Waals surface area contributed by atoms with Crippen molar-refractivity contribution >= 4 is 29.0 Å². The highest BCUT2D eigenvalue weighted by Gasteiger charge is 2.62. The van der Waals surface area contributed by atoms with E-state index in [1.54, 1.807) is 31.2 Å². The molecule has 0 N–H and O–H groups in total. The van der Waals surface area contributed by atoms with Gasteiger partial charge in [0.25, 0.3) is 0 Å². The van der Waals surface area contributed by atoms with Crippen LogP contribution in [0.4, 0.5) is 5.69 Å². The molecule has 0 aromatic heterocycles.